The molecule has 104 valence electrons. The number of anilines is 1. The van der Waals surface area contributed by atoms with Gasteiger partial charge in [0.2, 0.25) is 0 Å². The summed E-state index contributed by atoms with van der Waals surface area (Å²) >= 11 is 0. The summed E-state index contributed by atoms with van der Waals surface area (Å²) in [6.07, 6.45) is 0. The van der Waals surface area contributed by atoms with Crippen molar-refractivity contribution in [3.63, 3.8) is 0 Å². The van der Waals surface area contributed by atoms with Crippen molar-refractivity contribution in [3.05, 3.63) is 53.3 Å². The van der Waals surface area contributed by atoms with Crippen LogP contribution in [-0.2, 0) is 6.54 Å². The monoisotopic (exact) mass is 276 g/mol. The second-order valence-corrected chi connectivity index (χ2v) is 4.18. The van der Waals surface area contributed by atoms with Crippen LogP contribution in [0.15, 0.2) is 36.4 Å². The lowest BCUT2D eigenvalue weighted by Gasteiger charge is -2.08. The second-order valence-electron chi connectivity index (χ2n) is 4.18. The van der Waals surface area contributed by atoms with E-state index in [0.717, 1.165) is 6.07 Å². The van der Waals surface area contributed by atoms with Crippen LogP contribution < -0.4 is 11.1 Å². The van der Waals surface area contributed by atoms with Gasteiger partial charge in [0.05, 0.1) is 5.69 Å². The van der Waals surface area contributed by atoms with E-state index >= 15 is 0 Å². The number of benzene rings is 2. The molecule has 0 fully saturated rings. The van der Waals surface area contributed by atoms with Gasteiger partial charge >= 0.3 is 0 Å². The van der Waals surface area contributed by atoms with Crippen molar-refractivity contribution >= 4 is 11.6 Å². The van der Waals surface area contributed by atoms with Crippen LogP contribution >= 0.6 is 0 Å². The zero-order chi connectivity index (χ0) is 14.7. The first-order valence-corrected chi connectivity index (χ1v) is 5.83. The summed E-state index contributed by atoms with van der Waals surface area (Å²) in [7, 11) is 0. The minimum absolute atomic E-state index is 0.0137. The van der Waals surface area contributed by atoms with Gasteiger partial charge in [-0.15, -0.1) is 0 Å². The summed E-state index contributed by atoms with van der Waals surface area (Å²) < 4.78 is 13.7. The SMILES string of the molecule is NCc1ccc(NC(=O)c2ccc(O)c(O)c2)c(F)c1. The number of phenolic OH excluding ortho intramolecular Hbond substituents is 2. The molecule has 2 rings (SSSR count). The number of carbonyl (C=O) groups is 1. The second kappa shape index (κ2) is 5.58. The molecule has 0 saturated heterocycles. The Bertz CT molecular complexity index is 659. The molecule has 0 heterocycles. The first-order chi connectivity index (χ1) is 9.51. The molecule has 0 aliphatic heterocycles. The smallest absolute Gasteiger partial charge is 0.255 e. The van der Waals surface area contributed by atoms with Crippen molar-refractivity contribution in [1.82, 2.24) is 0 Å². The van der Waals surface area contributed by atoms with Gasteiger partial charge in [-0.1, -0.05) is 6.07 Å². The molecule has 5 nitrogen and oxygen atoms in total. The molecule has 6 heteroatoms. The van der Waals surface area contributed by atoms with Gasteiger partial charge in [-0.25, -0.2) is 4.39 Å². The maximum absolute atomic E-state index is 13.7. The predicted octanol–water partition coefficient (Wildman–Crippen LogP) is 1.95. The Morgan fingerprint density at radius 3 is 2.50 bits per heavy atom. The molecule has 0 aromatic heterocycles. The number of carbonyl (C=O) groups excluding carboxylic acids is 1. The van der Waals surface area contributed by atoms with Gasteiger partial charge in [0.1, 0.15) is 5.82 Å². The third-order valence-corrected chi connectivity index (χ3v) is 2.76. The Kier molecular flexibility index (Phi) is 3.86. The van der Waals surface area contributed by atoms with Crippen molar-refractivity contribution in [2.75, 3.05) is 5.32 Å². The normalized spacial score (nSPS) is 10.3. The Morgan fingerprint density at radius 1 is 1.15 bits per heavy atom. The van der Waals surface area contributed by atoms with Crippen molar-refractivity contribution in [2.45, 2.75) is 6.54 Å². The molecular formula is C14H13FN2O3. The Morgan fingerprint density at radius 2 is 1.90 bits per heavy atom. The highest BCUT2D eigenvalue weighted by Gasteiger charge is 2.11. The summed E-state index contributed by atoms with van der Waals surface area (Å²) in [6.45, 7) is 0.205. The lowest BCUT2D eigenvalue weighted by Crippen LogP contribution is -2.13. The molecule has 20 heavy (non-hydrogen) atoms. The maximum Gasteiger partial charge on any atom is 0.255 e. The molecule has 1 amide bonds. The van der Waals surface area contributed by atoms with Crippen molar-refractivity contribution in [3.8, 4) is 11.5 Å². The third kappa shape index (κ3) is 2.86. The zero-order valence-electron chi connectivity index (χ0n) is 10.4. The van der Waals surface area contributed by atoms with E-state index in [9.17, 15) is 14.3 Å². The standard InChI is InChI=1S/C14H13FN2O3/c15-10-5-8(7-16)1-3-11(10)17-14(20)9-2-4-12(18)13(19)6-9/h1-6,18-19H,7,16H2,(H,17,20). The molecule has 2 aromatic carbocycles. The van der Waals surface area contributed by atoms with E-state index in [1.807, 2.05) is 0 Å². The molecule has 0 aliphatic carbocycles. The number of rotatable bonds is 3. The summed E-state index contributed by atoms with van der Waals surface area (Å²) in [5, 5.41) is 20.9. The maximum atomic E-state index is 13.7. The molecule has 0 saturated carbocycles. The number of phenols is 2. The van der Waals surface area contributed by atoms with Gasteiger partial charge < -0.3 is 21.3 Å². The number of nitrogens with one attached hydrogen (secondary N) is 1. The quantitative estimate of drug-likeness (QED) is 0.644. The Balaban J connectivity index is 2.21. The van der Waals surface area contributed by atoms with Crippen molar-refractivity contribution < 1.29 is 19.4 Å². The van der Waals surface area contributed by atoms with Crippen LogP contribution in [0.4, 0.5) is 10.1 Å². The minimum Gasteiger partial charge on any atom is -0.504 e. The van der Waals surface area contributed by atoms with Gasteiger partial charge in [-0.2, -0.15) is 0 Å². The number of hydrogen-bond acceptors (Lipinski definition) is 4. The highest BCUT2D eigenvalue weighted by Crippen LogP contribution is 2.25. The van der Waals surface area contributed by atoms with E-state index in [1.165, 1.54) is 24.3 Å². The van der Waals surface area contributed by atoms with Gasteiger partial charge in [0.15, 0.2) is 11.5 Å². The highest BCUT2D eigenvalue weighted by molar-refractivity contribution is 6.04. The van der Waals surface area contributed by atoms with E-state index < -0.39 is 17.5 Å². The summed E-state index contributed by atoms with van der Waals surface area (Å²) in [6, 6.07) is 7.85. The van der Waals surface area contributed by atoms with Crippen LogP contribution in [0.5, 0.6) is 11.5 Å². The molecule has 0 radical (unpaired) electrons. The Labute approximate surface area is 114 Å². The van der Waals surface area contributed by atoms with Gasteiger partial charge in [-0.05, 0) is 35.9 Å². The number of aromatic hydroxyl groups is 2. The van der Waals surface area contributed by atoms with Crippen LogP contribution in [0.3, 0.4) is 0 Å². The molecule has 0 spiro atoms. The average Bonchev–Trinajstić information content (AvgIpc) is 2.43. The average molecular weight is 276 g/mol. The topological polar surface area (TPSA) is 95.6 Å². The first kappa shape index (κ1) is 13.8. The van der Waals surface area contributed by atoms with Gasteiger partial charge in [0.25, 0.3) is 5.91 Å². The van der Waals surface area contributed by atoms with Crippen LogP contribution in [0, 0.1) is 5.82 Å². The molecular weight excluding hydrogens is 263 g/mol. The number of amides is 1. The van der Waals surface area contributed by atoms with E-state index in [1.54, 1.807) is 6.07 Å². The highest BCUT2D eigenvalue weighted by atomic mass is 19.1. The molecule has 2 aromatic rings. The molecule has 0 aliphatic rings. The minimum atomic E-state index is -0.598. The summed E-state index contributed by atoms with van der Waals surface area (Å²) in [5.74, 6) is -1.94. The molecule has 0 atom stereocenters. The number of nitrogens with two attached hydrogens (primary N) is 1. The summed E-state index contributed by atoms with van der Waals surface area (Å²) in [4.78, 5) is 11.9. The number of halogens is 1. The fraction of sp³-hybridized carbons (Fsp3) is 0.0714. The van der Waals surface area contributed by atoms with E-state index in [4.69, 9.17) is 10.8 Å². The van der Waals surface area contributed by atoms with Gasteiger partial charge in [0, 0.05) is 12.1 Å². The summed E-state index contributed by atoms with van der Waals surface area (Å²) in [5.41, 5.74) is 6.11. The lowest BCUT2D eigenvalue weighted by atomic mass is 10.1. The van der Waals surface area contributed by atoms with E-state index in [0.29, 0.717) is 5.56 Å². The van der Waals surface area contributed by atoms with E-state index in [2.05, 4.69) is 5.32 Å². The third-order valence-electron chi connectivity index (χ3n) is 2.76. The van der Waals surface area contributed by atoms with Crippen LogP contribution in [0.25, 0.3) is 0 Å². The zero-order valence-corrected chi connectivity index (χ0v) is 10.4. The molecule has 0 unspecified atom stereocenters. The predicted molar refractivity (Wildman–Crippen MR) is 72.0 cm³/mol. The van der Waals surface area contributed by atoms with Crippen LogP contribution in [0.1, 0.15) is 15.9 Å². The molecule has 5 N–H and O–H groups in total. The number of hydrogen-bond donors (Lipinski definition) is 4. The fourth-order valence-electron chi connectivity index (χ4n) is 1.65. The lowest BCUT2D eigenvalue weighted by molar-refractivity contribution is 0.102. The fourth-order valence-corrected chi connectivity index (χ4v) is 1.65. The molecule has 0 bridgehead atoms. The van der Waals surface area contributed by atoms with Crippen LogP contribution in [-0.4, -0.2) is 16.1 Å². The largest absolute Gasteiger partial charge is 0.504 e. The Hall–Kier alpha value is -2.60. The van der Waals surface area contributed by atoms with Crippen molar-refractivity contribution in [2.24, 2.45) is 5.73 Å². The van der Waals surface area contributed by atoms with Gasteiger partial charge in [-0.3, -0.25) is 4.79 Å². The first-order valence-electron chi connectivity index (χ1n) is 5.83. The van der Waals surface area contributed by atoms with Crippen LogP contribution in [0.2, 0.25) is 0 Å². The van der Waals surface area contributed by atoms with Crippen molar-refractivity contribution in [1.29, 1.82) is 0 Å². The van der Waals surface area contributed by atoms with E-state index in [-0.39, 0.29) is 23.5 Å².